The zero-order chi connectivity index (χ0) is 22.4. The summed E-state index contributed by atoms with van der Waals surface area (Å²) in [4.78, 5) is 37.3. The fourth-order valence-electron chi connectivity index (χ4n) is 5.31. The van der Waals surface area contributed by atoms with Gasteiger partial charge >= 0.3 is 0 Å². The number of hydrogen-bond acceptors (Lipinski definition) is 5. The number of nitrogens with zero attached hydrogens (tertiary/aromatic N) is 3. The van der Waals surface area contributed by atoms with Crippen molar-refractivity contribution in [3.8, 4) is 11.5 Å². The van der Waals surface area contributed by atoms with Crippen molar-refractivity contribution >= 4 is 28.5 Å². The van der Waals surface area contributed by atoms with Gasteiger partial charge in [-0.25, -0.2) is 4.98 Å². The number of nitrogens with one attached hydrogen (secondary N) is 1. The van der Waals surface area contributed by atoms with Gasteiger partial charge in [-0.1, -0.05) is 0 Å². The average Bonchev–Trinajstić information content (AvgIpc) is 3.47. The quantitative estimate of drug-likeness (QED) is 0.668. The van der Waals surface area contributed by atoms with E-state index in [1.54, 1.807) is 11.1 Å². The minimum absolute atomic E-state index is 0.0220. The van der Waals surface area contributed by atoms with E-state index in [4.69, 9.17) is 9.47 Å². The van der Waals surface area contributed by atoms with E-state index in [0.29, 0.717) is 50.3 Å². The van der Waals surface area contributed by atoms with Crippen molar-refractivity contribution in [3.05, 3.63) is 48.3 Å². The van der Waals surface area contributed by atoms with Crippen LogP contribution in [-0.4, -0.2) is 59.5 Å². The molecule has 0 bridgehead atoms. The minimum atomic E-state index is -0.306. The predicted octanol–water partition coefficient (Wildman–Crippen LogP) is 3.09. The van der Waals surface area contributed by atoms with Crippen LogP contribution in [0.5, 0.6) is 11.5 Å². The molecule has 8 heteroatoms. The van der Waals surface area contributed by atoms with Gasteiger partial charge < -0.3 is 24.3 Å². The smallest absolute Gasteiger partial charge is 0.228 e. The number of fused-ring (bicyclic) bond motifs is 2. The van der Waals surface area contributed by atoms with Crippen LogP contribution in [-0.2, 0) is 9.59 Å². The number of pyridine rings is 1. The number of ether oxygens (including phenoxy) is 2. The Hall–Kier alpha value is -3.55. The van der Waals surface area contributed by atoms with Gasteiger partial charge in [-0.05, 0) is 48.6 Å². The van der Waals surface area contributed by atoms with E-state index in [0.717, 1.165) is 24.2 Å². The molecule has 1 N–H and O–H groups in total. The highest BCUT2D eigenvalue weighted by atomic mass is 16.6. The summed E-state index contributed by atoms with van der Waals surface area (Å²) >= 11 is 0. The van der Waals surface area contributed by atoms with Crippen molar-refractivity contribution in [1.29, 1.82) is 0 Å². The maximum Gasteiger partial charge on any atom is 0.228 e. The number of hydrogen-bond donors (Lipinski definition) is 1. The standard InChI is InChI=1S/C25H26N4O4/c30-23-12-17(15-29(23)18-3-4-21-22(13-18)33-11-10-32-21)25(31)28-8-5-16(6-9-28)20-14-27-24-19(20)2-1-7-26-24/h1-4,7,13-14,16-17H,5-6,8-12,15H2,(H,26,27). The van der Waals surface area contributed by atoms with Gasteiger partial charge in [-0.2, -0.15) is 0 Å². The number of aromatic amines is 1. The molecular formula is C25H26N4O4. The first kappa shape index (κ1) is 20.1. The molecule has 0 spiro atoms. The highest BCUT2D eigenvalue weighted by Gasteiger charge is 2.38. The van der Waals surface area contributed by atoms with Crippen molar-refractivity contribution in [2.24, 2.45) is 5.92 Å². The van der Waals surface area contributed by atoms with Crippen molar-refractivity contribution in [2.75, 3.05) is 37.7 Å². The van der Waals surface area contributed by atoms with Gasteiger partial charge in [0.05, 0.1) is 5.92 Å². The lowest BCUT2D eigenvalue weighted by molar-refractivity contribution is -0.136. The molecular weight excluding hydrogens is 420 g/mol. The summed E-state index contributed by atoms with van der Waals surface area (Å²) in [7, 11) is 0. The number of H-pyrrole nitrogens is 1. The van der Waals surface area contributed by atoms with Crippen LogP contribution >= 0.6 is 0 Å². The Kier molecular flexibility index (Phi) is 4.93. The third kappa shape index (κ3) is 3.59. The summed E-state index contributed by atoms with van der Waals surface area (Å²) < 4.78 is 11.2. The molecule has 0 aliphatic carbocycles. The van der Waals surface area contributed by atoms with E-state index >= 15 is 0 Å². The van der Waals surface area contributed by atoms with Crippen LogP contribution in [0.15, 0.2) is 42.7 Å². The number of piperidine rings is 1. The molecule has 2 aromatic heterocycles. The van der Waals surface area contributed by atoms with Gasteiger partial charge in [0.25, 0.3) is 0 Å². The van der Waals surface area contributed by atoms with E-state index < -0.39 is 0 Å². The molecule has 3 aliphatic rings. The van der Waals surface area contributed by atoms with Crippen LogP contribution in [0.25, 0.3) is 11.0 Å². The van der Waals surface area contributed by atoms with Crippen molar-refractivity contribution in [3.63, 3.8) is 0 Å². The fraction of sp³-hybridized carbons (Fsp3) is 0.400. The van der Waals surface area contributed by atoms with Gasteiger partial charge in [0.1, 0.15) is 18.9 Å². The normalized spacial score (nSPS) is 21.1. The summed E-state index contributed by atoms with van der Waals surface area (Å²) in [5, 5.41) is 1.17. The van der Waals surface area contributed by atoms with Crippen molar-refractivity contribution in [1.82, 2.24) is 14.9 Å². The predicted molar refractivity (Wildman–Crippen MR) is 123 cm³/mol. The molecule has 33 heavy (non-hydrogen) atoms. The van der Waals surface area contributed by atoms with Crippen LogP contribution in [0, 0.1) is 5.92 Å². The fourth-order valence-corrected chi connectivity index (χ4v) is 5.31. The molecule has 3 aliphatic heterocycles. The number of likely N-dealkylation sites (tertiary alicyclic amines) is 1. The van der Waals surface area contributed by atoms with E-state index in [2.05, 4.69) is 22.2 Å². The van der Waals surface area contributed by atoms with Gasteiger partial charge in [0.2, 0.25) is 11.8 Å². The summed E-state index contributed by atoms with van der Waals surface area (Å²) in [5.41, 5.74) is 2.95. The highest BCUT2D eigenvalue weighted by Crippen LogP contribution is 2.37. The summed E-state index contributed by atoms with van der Waals surface area (Å²) in [6.45, 7) is 2.86. The molecule has 2 saturated heterocycles. The van der Waals surface area contributed by atoms with Gasteiger partial charge in [-0.15, -0.1) is 0 Å². The molecule has 2 amide bonds. The Labute approximate surface area is 191 Å². The number of aromatic nitrogens is 2. The SMILES string of the molecule is O=C(C1CC(=O)N(c2ccc3c(c2)OCCO3)C1)N1CCC(c2c[nH]c3ncccc23)CC1. The average molecular weight is 447 g/mol. The first-order valence-corrected chi connectivity index (χ1v) is 11.6. The Balaban J connectivity index is 1.11. The van der Waals surface area contributed by atoms with Crippen LogP contribution in [0.4, 0.5) is 5.69 Å². The summed E-state index contributed by atoms with van der Waals surface area (Å²) in [5.74, 6) is 1.51. The third-order valence-corrected chi connectivity index (χ3v) is 7.04. The molecule has 2 fully saturated rings. The number of rotatable bonds is 3. The first-order valence-electron chi connectivity index (χ1n) is 11.6. The Bertz CT molecular complexity index is 1210. The maximum absolute atomic E-state index is 13.2. The summed E-state index contributed by atoms with van der Waals surface area (Å²) in [6.07, 6.45) is 5.93. The van der Waals surface area contributed by atoms with E-state index in [9.17, 15) is 9.59 Å². The van der Waals surface area contributed by atoms with Gasteiger partial charge in [0.15, 0.2) is 11.5 Å². The third-order valence-electron chi connectivity index (χ3n) is 7.04. The van der Waals surface area contributed by atoms with Gasteiger partial charge in [0, 0.05) is 55.6 Å². The highest BCUT2D eigenvalue weighted by molar-refractivity contribution is 6.00. The molecule has 3 aromatic rings. The second-order valence-corrected chi connectivity index (χ2v) is 8.98. The van der Waals surface area contributed by atoms with E-state index in [1.165, 1.54) is 10.9 Å². The van der Waals surface area contributed by atoms with Crippen LogP contribution in [0.2, 0.25) is 0 Å². The zero-order valence-corrected chi connectivity index (χ0v) is 18.3. The molecule has 1 unspecified atom stereocenters. The molecule has 1 aromatic carbocycles. The lowest BCUT2D eigenvalue weighted by atomic mass is 9.89. The van der Waals surface area contributed by atoms with Gasteiger partial charge in [-0.3, -0.25) is 9.59 Å². The Morgan fingerprint density at radius 1 is 1.09 bits per heavy atom. The van der Waals surface area contributed by atoms with Crippen LogP contribution in [0.1, 0.15) is 30.7 Å². The molecule has 1 atom stereocenters. The minimum Gasteiger partial charge on any atom is -0.486 e. The molecule has 170 valence electrons. The number of amides is 2. The lowest BCUT2D eigenvalue weighted by Crippen LogP contribution is -2.42. The largest absolute Gasteiger partial charge is 0.486 e. The second kappa shape index (κ2) is 8.10. The number of anilines is 1. The number of carbonyl (C=O) groups excluding carboxylic acids is 2. The maximum atomic E-state index is 13.2. The molecule has 6 rings (SSSR count). The molecule has 0 saturated carbocycles. The topological polar surface area (TPSA) is 87.8 Å². The van der Waals surface area contributed by atoms with Crippen molar-refractivity contribution < 1.29 is 19.1 Å². The van der Waals surface area contributed by atoms with Crippen molar-refractivity contribution in [2.45, 2.75) is 25.2 Å². The monoisotopic (exact) mass is 446 g/mol. The van der Waals surface area contributed by atoms with E-state index in [1.807, 2.05) is 29.2 Å². The second-order valence-electron chi connectivity index (χ2n) is 8.98. The lowest BCUT2D eigenvalue weighted by Gasteiger charge is -2.33. The molecule has 5 heterocycles. The van der Waals surface area contributed by atoms with E-state index in [-0.39, 0.29) is 24.2 Å². The Morgan fingerprint density at radius 2 is 1.91 bits per heavy atom. The van der Waals surface area contributed by atoms with Crippen LogP contribution in [0.3, 0.4) is 0 Å². The Morgan fingerprint density at radius 3 is 2.76 bits per heavy atom. The zero-order valence-electron chi connectivity index (χ0n) is 18.3. The molecule has 0 radical (unpaired) electrons. The number of carbonyl (C=O) groups is 2. The van der Waals surface area contributed by atoms with Crippen LogP contribution < -0.4 is 14.4 Å². The first-order chi connectivity index (χ1) is 16.2. The molecule has 8 nitrogen and oxygen atoms in total. The summed E-state index contributed by atoms with van der Waals surface area (Å²) in [6, 6.07) is 9.59. The number of benzene rings is 1.